The van der Waals surface area contributed by atoms with Gasteiger partial charge in [-0.15, -0.1) is 5.10 Å². The average molecular weight is 328 g/mol. The number of hydrogen-bond acceptors (Lipinski definition) is 4. The van der Waals surface area contributed by atoms with Gasteiger partial charge in [-0.05, 0) is 18.4 Å². The molecule has 0 radical (unpaired) electrons. The average Bonchev–Trinajstić information content (AvgIpc) is 3.05. The number of hydrogen-bond donors (Lipinski definition) is 1. The van der Waals surface area contributed by atoms with E-state index in [-0.39, 0.29) is 17.9 Å². The molecule has 1 aromatic carbocycles. The summed E-state index contributed by atoms with van der Waals surface area (Å²) in [5, 5.41) is 18.1. The highest BCUT2D eigenvalue weighted by Gasteiger charge is 2.26. The highest BCUT2D eigenvalue weighted by atomic mass is 16.3. The molecule has 0 aliphatic heterocycles. The third kappa shape index (κ3) is 4.00. The van der Waals surface area contributed by atoms with Crippen LogP contribution >= 0.6 is 0 Å². The van der Waals surface area contributed by atoms with E-state index in [1.807, 2.05) is 30.3 Å². The molecule has 0 bridgehead atoms. The molecule has 24 heavy (non-hydrogen) atoms. The van der Waals surface area contributed by atoms with Gasteiger partial charge in [0.15, 0.2) is 5.69 Å². The first kappa shape index (κ1) is 16.6. The fourth-order valence-electron chi connectivity index (χ4n) is 3.28. The molecule has 1 amide bonds. The minimum Gasteiger partial charge on any atom is -0.393 e. The molecule has 6 heteroatoms. The Hall–Kier alpha value is -2.21. The van der Waals surface area contributed by atoms with E-state index in [0.29, 0.717) is 18.8 Å². The number of carbonyl (C=O) groups is 1. The zero-order chi connectivity index (χ0) is 16.9. The van der Waals surface area contributed by atoms with Gasteiger partial charge in [-0.25, -0.2) is 4.68 Å². The summed E-state index contributed by atoms with van der Waals surface area (Å²) < 4.78 is 1.67. The molecule has 1 aliphatic rings. The number of rotatable bonds is 5. The van der Waals surface area contributed by atoms with Crippen molar-refractivity contribution < 1.29 is 9.90 Å². The van der Waals surface area contributed by atoms with E-state index >= 15 is 0 Å². The van der Waals surface area contributed by atoms with Crippen molar-refractivity contribution in [2.24, 2.45) is 5.92 Å². The van der Waals surface area contributed by atoms with Gasteiger partial charge in [-0.3, -0.25) is 4.79 Å². The molecule has 1 aliphatic carbocycles. The molecule has 1 aromatic heterocycles. The summed E-state index contributed by atoms with van der Waals surface area (Å²) in [5.74, 6) is 0.0131. The largest absolute Gasteiger partial charge is 0.393 e. The molecule has 1 N–H and O–H groups in total. The Morgan fingerprint density at radius 2 is 2.04 bits per heavy atom. The molecule has 2 aromatic rings. The smallest absolute Gasteiger partial charge is 0.275 e. The predicted molar refractivity (Wildman–Crippen MR) is 90.5 cm³/mol. The van der Waals surface area contributed by atoms with Crippen molar-refractivity contribution in [2.45, 2.75) is 38.3 Å². The SMILES string of the molecule is CN(CC1CCCCC1O)C(=O)c1cn(Cc2ccccc2)nn1. The van der Waals surface area contributed by atoms with E-state index < -0.39 is 0 Å². The van der Waals surface area contributed by atoms with Crippen LogP contribution in [0.15, 0.2) is 36.5 Å². The van der Waals surface area contributed by atoms with Crippen LogP contribution in [-0.4, -0.2) is 50.6 Å². The highest BCUT2D eigenvalue weighted by Crippen LogP contribution is 2.25. The van der Waals surface area contributed by atoms with Gasteiger partial charge in [0.25, 0.3) is 5.91 Å². The fraction of sp³-hybridized carbons (Fsp3) is 0.500. The number of benzene rings is 1. The second-order valence-electron chi connectivity index (χ2n) is 6.58. The van der Waals surface area contributed by atoms with Crippen molar-refractivity contribution >= 4 is 5.91 Å². The quantitative estimate of drug-likeness (QED) is 0.911. The summed E-state index contributed by atoms with van der Waals surface area (Å²) in [5.41, 5.74) is 1.46. The van der Waals surface area contributed by atoms with Crippen LogP contribution in [0.5, 0.6) is 0 Å². The zero-order valence-corrected chi connectivity index (χ0v) is 14.0. The van der Waals surface area contributed by atoms with Gasteiger partial charge in [0.05, 0.1) is 18.8 Å². The zero-order valence-electron chi connectivity index (χ0n) is 14.0. The maximum absolute atomic E-state index is 12.5. The Bertz CT molecular complexity index is 671. The third-order valence-corrected chi connectivity index (χ3v) is 4.67. The van der Waals surface area contributed by atoms with Crippen LogP contribution in [0.4, 0.5) is 0 Å². The van der Waals surface area contributed by atoms with Crippen LogP contribution in [0, 0.1) is 5.92 Å². The van der Waals surface area contributed by atoms with Crippen LogP contribution in [0.1, 0.15) is 41.7 Å². The lowest BCUT2D eigenvalue weighted by atomic mass is 9.86. The predicted octanol–water partition coefficient (Wildman–Crippen LogP) is 1.95. The standard InChI is InChI=1S/C18H24N4O2/c1-21(12-15-9-5-6-10-17(15)23)18(24)16-13-22(20-19-16)11-14-7-3-2-4-8-14/h2-4,7-8,13,15,17,23H,5-6,9-12H2,1H3. The number of aromatic nitrogens is 3. The van der Waals surface area contributed by atoms with Crippen molar-refractivity contribution in [1.29, 1.82) is 0 Å². The molecule has 1 saturated carbocycles. The highest BCUT2D eigenvalue weighted by molar-refractivity contribution is 5.91. The summed E-state index contributed by atoms with van der Waals surface area (Å²) in [4.78, 5) is 14.2. The van der Waals surface area contributed by atoms with E-state index in [2.05, 4.69) is 10.3 Å². The van der Waals surface area contributed by atoms with Crippen molar-refractivity contribution in [3.63, 3.8) is 0 Å². The first-order valence-electron chi connectivity index (χ1n) is 8.51. The first-order valence-corrected chi connectivity index (χ1v) is 8.51. The third-order valence-electron chi connectivity index (χ3n) is 4.67. The Morgan fingerprint density at radius 1 is 1.29 bits per heavy atom. The van der Waals surface area contributed by atoms with Crippen LogP contribution in [-0.2, 0) is 6.54 Å². The molecule has 3 rings (SSSR count). The van der Waals surface area contributed by atoms with Crippen molar-refractivity contribution in [3.8, 4) is 0 Å². The Labute approximate surface area is 142 Å². The fourth-order valence-corrected chi connectivity index (χ4v) is 3.28. The molecule has 0 spiro atoms. The second-order valence-corrected chi connectivity index (χ2v) is 6.58. The van der Waals surface area contributed by atoms with Crippen molar-refractivity contribution in [1.82, 2.24) is 19.9 Å². The summed E-state index contributed by atoms with van der Waals surface area (Å²) in [6, 6.07) is 9.94. The van der Waals surface area contributed by atoms with E-state index in [1.165, 1.54) is 0 Å². The van der Waals surface area contributed by atoms with Crippen LogP contribution < -0.4 is 0 Å². The lowest BCUT2D eigenvalue weighted by molar-refractivity contribution is 0.0448. The van der Waals surface area contributed by atoms with Gasteiger partial charge in [-0.2, -0.15) is 0 Å². The van der Waals surface area contributed by atoms with Gasteiger partial charge in [0.1, 0.15) is 0 Å². The van der Waals surface area contributed by atoms with Gasteiger partial charge in [-0.1, -0.05) is 48.4 Å². The van der Waals surface area contributed by atoms with Crippen LogP contribution in [0.3, 0.4) is 0 Å². The number of nitrogens with zero attached hydrogens (tertiary/aromatic N) is 4. The molecule has 2 unspecified atom stereocenters. The Morgan fingerprint density at radius 3 is 2.79 bits per heavy atom. The summed E-state index contributed by atoms with van der Waals surface area (Å²) in [7, 11) is 1.76. The Balaban J connectivity index is 1.60. The monoisotopic (exact) mass is 328 g/mol. The number of aliphatic hydroxyl groups excluding tert-OH is 1. The van der Waals surface area contributed by atoms with E-state index in [0.717, 1.165) is 31.2 Å². The van der Waals surface area contributed by atoms with Crippen LogP contribution in [0.25, 0.3) is 0 Å². The molecule has 128 valence electrons. The molecule has 1 fully saturated rings. The van der Waals surface area contributed by atoms with Crippen molar-refractivity contribution in [2.75, 3.05) is 13.6 Å². The Kier molecular flexibility index (Phi) is 5.25. The topological polar surface area (TPSA) is 71.2 Å². The van der Waals surface area contributed by atoms with Gasteiger partial charge in [0, 0.05) is 19.5 Å². The van der Waals surface area contributed by atoms with Gasteiger partial charge in [0.2, 0.25) is 0 Å². The number of aliphatic hydroxyl groups is 1. The molecular formula is C18H24N4O2. The molecule has 2 atom stereocenters. The summed E-state index contributed by atoms with van der Waals surface area (Å²) >= 11 is 0. The molecule has 6 nitrogen and oxygen atoms in total. The number of carbonyl (C=O) groups excluding carboxylic acids is 1. The summed E-state index contributed by atoms with van der Waals surface area (Å²) in [6.45, 7) is 1.15. The van der Waals surface area contributed by atoms with E-state index in [4.69, 9.17) is 0 Å². The lowest BCUT2D eigenvalue weighted by Gasteiger charge is -2.30. The van der Waals surface area contributed by atoms with E-state index in [9.17, 15) is 9.90 Å². The summed E-state index contributed by atoms with van der Waals surface area (Å²) in [6.07, 6.45) is 5.38. The molecule has 1 heterocycles. The maximum Gasteiger partial charge on any atom is 0.275 e. The van der Waals surface area contributed by atoms with Crippen LogP contribution in [0.2, 0.25) is 0 Å². The van der Waals surface area contributed by atoms with Gasteiger partial charge >= 0.3 is 0 Å². The molecular weight excluding hydrogens is 304 g/mol. The first-order chi connectivity index (χ1) is 11.6. The second kappa shape index (κ2) is 7.57. The van der Waals surface area contributed by atoms with Crippen molar-refractivity contribution in [3.05, 3.63) is 47.8 Å². The lowest BCUT2D eigenvalue weighted by Crippen LogP contribution is -2.38. The normalized spacial score (nSPS) is 20.8. The minimum atomic E-state index is -0.303. The maximum atomic E-state index is 12.5. The molecule has 0 saturated heterocycles. The minimum absolute atomic E-state index is 0.146. The van der Waals surface area contributed by atoms with E-state index in [1.54, 1.807) is 22.8 Å². The number of amides is 1. The van der Waals surface area contributed by atoms with Gasteiger partial charge < -0.3 is 10.0 Å².